The van der Waals surface area contributed by atoms with Gasteiger partial charge in [-0.05, 0) is 30.5 Å². The Kier molecular flexibility index (Phi) is 3.96. The Hall–Kier alpha value is -2.17. The molecule has 1 atom stereocenters. The van der Waals surface area contributed by atoms with Gasteiger partial charge in [-0.3, -0.25) is 4.18 Å². The molecule has 3 aromatic rings. The van der Waals surface area contributed by atoms with Crippen LogP contribution in [0.25, 0.3) is 10.8 Å². The minimum atomic E-state index is -2.94. The number of hydrogen-bond acceptors (Lipinski definition) is 3. The predicted molar refractivity (Wildman–Crippen MR) is 90.6 cm³/mol. The van der Waals surface area contributed by atoms with Crippen LogP contribution in [-0.4, -0.2) is 11.3 Å². The van der Waals surface area contributed by atoms with Gasteiger partial charge >= 0.3 is 0 Å². The Labute approximate surface area is 131 Å². The van der Waals surface area contributed by atoms with Gasteiger partial charge in [-0.2, -0.15) is 4.36 Å². The van der Waals surface area contributed by atoms with E-state index in [1.165, 1.54) is 7.11 Å². The van der Waals surface area contributed by atoms with E-state index in [1.807, 2.05) is 61.5 Å². The highest BCUT2D eigenvalue weighted by Crippen LogP contribution is 2.29. The molecule has 0 fully saturated rings. The van der Waals surface area contributed by atoms with Crippen LogP contribution in [0.3, 0.4) is 0 Å². The van der Waals surface area contributed by atoms with E-state index in [0.29, 0.717) is 10.6 Å². The quantitative estimate of drug-likeness (QED) is 0.692. The molecular weight excluding hydrogens is 294 g/mol. The second-order valence-corrected chi connectivity index (χ2v) is 6.98. The van der Waals surface area contributed by atoms with Crippen molar-refractivity contribution < 1.29 is 8.39 Å². The lowest BCUT2D eigenvalue weighted by Crippen LogP contribution is -2.02. The third-order valence-electron chi connectivity index (χ3n) is 3.53. The van der Waals surface area contributed by atoms with Crippen molar-refractivity contribution in [3.8, 4) is 0 Å². The molecule has 0 saturated carbocycles. The molecule has 3 rings (SSSR count). The number of benzene rings is 3. The molecule has 0 aromatic heterocycles. The lowest BCUT2D eigenvalue weighted by Gasteiger charge is -2.09. The Morgan fingerprint density at radius 2 is 1.59 bits per heavy atom. The van der Waals surface area contributed by atoms with Crippen LogP contribution in [0.2, 0.25) is 0 Å². The molecule has 0 saturated heterocycles. The molecule has 112 valence electrons. The first kappa shape index (κ1) is 14.8. The third kappa shape index (κ3) is 2.75. The van der Waals surface area contributed by atoms with Gasteiger partial charge in [0.25, 0.3) is 0 Å². The van der Waals surface area contributed by atoms with Crippen LogP contribution in [0.4, 0.5) is 5.69 Å². The van der Waals surface area contributed by atoms with E-state index in [0.717, 1.165) is 16.3 Å². The summed E-state index contributed by atoms with van der Waals surface area (Å²) in [6, 6.07) is 21.1. The van der Waals surface area contributed by atoms with Crippen molar-refractivity contribution in [2.24, 2.45) is 4.36 Å². The summed E-state index contributed by atoms with van der Waals surface area (Å²) >= 11 is 0. The second-order valence-electron chi connectivity index (χ2n) is 5.04. The van der Waals surface area contributed by atoms with Crippen LogP contribution in [0.15, 0.2) is 76.0 Å². The summed E-state index contributed by atoms with van der Waals surface area (Å²) in [6.45, 7) is 1.99. The smallest absolute Gasteiger partial charge is 0.198 e. The van der Waals surface area contributed by atoms with Gasteiger partial charge in [0.15, 0.2) is 10.0 Å². The van der Waals surface area contributed by atoms with E-state index in [9.17, 15) is 4.21 Å². The van der Waals surface area contributed by atoms with Gasteiger partial charge in [0.1, 0.15) is 0 Å². The van der Waals surface area contributed by atoms with Crippen molar-refractivity contribution >= 4 is 26.5 Å². The Morgan fingerprint density at radius 1 is 0.909 bits per heavy atom. The molecule has 0 radical (unpaired) electrons. The van der Waals surface area contributed by atoms with E-state index in [4.69, 9.17) is 4.18 Å². The highest BCUT2D eigenvalue weighted by Gasteiger charge is 2.12. The maximum Gasteiger partial charge on any atom is 0.198 e. The van der Waals surface area contributed by atoms with Gasteiger partial charge in [0, 0.05) is 5.39 Å². The van der Waals surface area contributed by atoms with Gasteiger partial charge in [-0.25, -0.2) is 4.21 Å². The number of nitrogens with zero attached hydrogens (tertiary/aromatic N) is 1. The zero-order valence-corrected chi connectivity index (χ0v) is 13.3. The molecule has 0 N–H and O–H groups in total. The van der Waals surface area contributed by atoms with E-state index >= 15 is 0 Å². The molecule has 3 nitrogen and oxygen atoms in total. The highest BCUT2D eigenvalue weighted by molar-refractivity contribution is 7.89. The zero-order chi connectivity index (χ0) is 15.6. The topological polar surface area (TPSA) is 38.7 Å². The minimum absolute atomic E-state index is 0.577. The molecule has 4 heteroatoms. The average Bonchev–Trinajstić information content (AvgIpc) is 2.55. The van der Waals surface area contributed by atoms with E-state index in [-0.39, 0.29) is 0 Å². The molecule has 3 aromatic carbocycles. The van der Waals surface area contributed by atoms with Gasteiger partial charge in [0.05, 0.1) is 17.7 Å². The first-order chi connectivity index (χ1) is 10.6. The van der Waals surface area contributed by atoms with Crippen LogP contribution in [-0.2, 0) is 14.2 Å². The van der Waals surface area contributed by atoms with Crippen molar-refractivity contribution in [2.75, 3.05) is 7.11 Å². The maximum absolute atomic E-state index is 13.1. The Bertz CT molecular complexity index is 918. The normalized spacial score (nSPS) is 13.7. The Morgan fingerprint density at radius 3 is 2.32 bits per heavy atom. The van der Waals surface area contributed by atoms with E-state index < -0.39 is 10.0 Å². The fraction of sp³-hybridized carbons (Fsp3) is 0.111. The average molecular weight is 311 g/mol. The fourth-order valence-electron chi connectivity index (χ4n) is 2.31. The SMILES string of the molecule is COS(=O)(=Nc1cccc2ccccc12)c1ccc(C)cc1. The Balaban J connectivity index is 2.22. The summed E-state index contributed by atoms with van der Waals surface area (Å²) in [5.74, 6) is 0. The number of fused-ring (bicyclic) bond motifs is 1. The van der Waals surface area contributed by atoms with E-state index in [1.54, 1.807) is 12.1 Å². The lowest BCUT2D eigenvalue weighted by atomic mass is 10.1. The van der Waals surface area contributed by atoms with Crippen molar-refractivity contribution in [1.29, 1.82) is 0 Å². The first-order valence-corrected chi connectivity index (χ1v) is 8.43. The zero-order valence-electron chi connectivity index (χ0n) is 12.5. The van der Waals surface area contributed by atoms with Crippen molar-refractivity contribution in [2.45, 2.75) is 11.8 Å². The molecule has 1 unspecified atom stereocenters. The summed E-state index contributed by atoms with van der Waals surface area (Å²) in [5, 5.41) is 2.02. The van der Waals surface area contributed by atoms with Crippen molar-refractivity contribution in [3.63, 3.8) is 0 Å². The fourth-order valence-corrected chi connectivity index (χ4v) is 3.58. The first-order valence-electron chi connectivity index (χ1n) is 6.99. The van der Waals surface area contributed by atoms with Crippen LogP contribution in [0.5, 0.6) is 0 Å². The molecular formula is C18H17NO2S. The van der Waals surface area contributed by atoms with Gasteiger partial charge in [0.2, 0.25) is 0 Å². The summed E-state index contributed by atoms with van der Waals surface area (Å²) < 4.78 is 22.8. The summed E-state index contributed by atoms with van der Waals surface area (Å²) in [6.07, 6.45) is 0. The molecule has 0 bridgehead atoms. The van der Waals surface area contributed by atoms with Gasteiger partial charge in [-0.15, -0.1) is 0 Å². The largest absolute Gasteiger partial charge is 0.284 e. The predicted octanol–water partition coefficient (Wildman–Crippen LogP) is 4.87. The van der Waals surface area contributed by atoms with Gasteiger partial charge < -0.3 is 0 Å². The summed E-state index contributed by atoms with van der Waals surface area (Å²) in [5.41, 5.74) is 1.78. The van der Waals surface area contributed by atoms with Crippen LogP contribution >= 0.6 is 0 Å². The lowest BCUT2D eigenvalue weighted by molar-refractivity contribution is 0.436. The summed E-state index contributed by atoms with van der Waals surface area (Å²) in [4.78, 5) is 0.577. The van der Waals surface area contributed by atoms with Crippen molar-refractivity contribution in [1.82, 2.24) is 0 Å². The molecule has 0 aliphatic rings. The van der Waals surface area contributed by atoms with Crippen LogP contribution < -0.4 is 0 Å². The third-order valence-corrected chi connectivity index (χ3v) is 5.29. The number of rotatable bonds is 3. The monoisotopic (exact) mass is 311 g/mol. The van der Waals surface area contributed by atoms with Crippen LogP contribution in [0, 0.1) is 6.92 Å². The van der Waals surface area contributed by atoms with Crippen molar-refractivity contribution in [3.05, 3.63) is 72.3 Å². The van der Waals surface area contributed by atoms with E-state index in [2.05, 4.69) is 4.36 Å². The number of aryl methyl sites for hydroxylation is 1. The van der Waals surface area contributed by atoms with Gasteiger partial charge in [-0.1, -0.05) is 54.1 Å². The molecule has 0 aliphatic heterocycles. The minimum Gasteiger partial charge on any atom is -0.284 e. The van der Waals surface area contributed by atoms with Crippen LogP contribution in [0.1, 0.15) is 5.56 Å². The molecule has 0 aliphatic carbocycles. The molecule has 22 heavy (non-hydrogen) atoms. The number of hydrogen-bond donors (Lipinski definition) is 0. The molecule has 0 spiro atoms. The second kappa shape index (κ2) is 5.91. The summed E-state index contributed by atoms with van der Waals surface area (Å²) in [7, 11) is -1.51. The highest BCUT2D eigenvalue weighted by atomic mass is 32.2. The molecule has 0 amide bonds. The maximum atomic E-state index is 13.1. The molecule has 0 heterocycles. The standard InChI is InChI=1S/C18H17NO2S/c1-14-10-12-16(13-11-14)22(20,21-2)19-18-9-5-7-15-6-3-4-8-17(15)18/h3-13H,1-2H3.